The van der Waals surface area contributed by atoms with E-state index in [4.69, 9.17) is 0 Å². The summed E-state index contributed by atoms with van der Waals surface area (Å²) in [6.07, 6.45) is 0.691. The molecule has 0 aliphatic carbocycles. The fourth-order valence-corrected chi connectivity index (χ4v) is 3.91. The topological polar surface area (TPSA) is 65.2 Å². The highest BCUT2D eigenvalue weighted by Crippen LogP contribution is 2.22. The number of amides is 1. The molecule has 0 bridgehead atoms. The van der Waals surface area contributed by atoms with Gasteiger partial charge in [-0.15, -0.1) is 0 Å². The van der Waals surface area contributed by atoms with E-state index in [9.17, 15) is 14.0 Å². The second kappa shape index (κ2) is 7.44. The van der Waals surface area contributed by atoms with Crippen molar-refractivity contribution in [3.8, 4) is 0 Å². The van der Waals surface area contributed by atoms with Crippen LogP contribution in [0.25, 0.3) is 10.9 Å². The van der Waals surface area contributed by atoms with Crippen molar-refractivity contribution in [2.75, 3.05) is 18.4 Å². The molecule has 0 spiro atoms. The molecule has 0 atom stereocenters. The molecule has 0 fully saturated rings. The van der Waals surface area contributed by atoms with Crippen LogP contribution in [0.4, 0.5) is 10.1 Å². The van der Waals surface area contributed by atoms with Crippen LogP contribution in [0.2, 0.25) is 0 Å². The van der Waals surface area contributed by atoms with Gasteiger partial charge in [0.05, 0.1) is 12.1 Å². The molecule has 1 amide bonds. The molecule has 0 saturated heterocycles. The molecule has 0 saturated carbocycles. The average molecular weight is 393 g/mol. The molecule has 29 heavy (non-hydrogen) atoms. The summed E-state index contributed by atoms with van der Waals surface area (Å²) in [5.74, 6) is -0.476. The Labute approximate surface area is 168 Å². The first-order chi connectivity index (χ1) is 13.8. The highest BCUT2D eigenvalue weighted by Gasteiger charge is 2.23. The first-order valence-corrected chi connectivity index (χ1v) is 9.76. The van der Waals surface area contributed by atoms with Crippen LogP contribution in [-0.4, -0.2) is 28.9 Å². The summed E-state index contributed by atoms with van der Waals surface area (Å²) in [5, 5.41) is 3.50. The molecule has 6 heteroatoms. The van der Waals surface area contributed by atoms with Crippen molar-refractivity contribution in [3.63, 3.8) is 0 Å². The number of aromatic amines is 1. The second-order valence-electron chi connectivity index (χ2n) is 7.81. The number of pyridine rings is 1. The predicted octanol–water partition coefficient (Wildman–Crippen LogP) is 3.59. The van der Waals surface area contributed by atoms with Gasteiger partial charge in [-0.3, -0.25) is 14.5 Å². The molecule has 4 rings (SSSR count). The Morgan fingerprint density at radius 1 is 1.17 bits per heavy atom. The zero-order valence-electron chi connectivity index (χ0n) is 16.9. The maximum absolute atomic E-state index is 13.4. The minimum absolute atomic E-state index is 0.0381. The molecule has 5 nitrogen and oxygen atoms in total. The lowest BCUT2D eigenvalue weighted by molar-refractivity contribution is -0.117. The van der Waals surface area contributed by atoms with Crippen molar-refractivity contribution >= 4 is 22.5 Å². The molecule has 1 aliphatic heterocycles. The molecule has 0 radical (unpaired) electrons. The summed E-state index contributed by atoms with van der Waals surface area (Å²) < 4.78 is 13.4. The van der Waals surface area contributed by atoms with Crippen molar-refractivity contribution in [3.05, 3.63) is 74.3 Å². The predicted molar refractivity (Wildman–Crippen MR) is 113 cm³/mol. The monoisotopic (exact) mass is 393 g/mol. The quantitative estimate of drug-likeness (QED) is 0.715. The third kappa shape index (κ3) is 3.68. The number of carbonyl (C=O) groups excluding carboxylic acids is 1. The van der Waals surface area contributed by atoms with Crippen LogP contribution in [0.15, 0.2) is 35.1 Å². The standard InChI is InChI=1S/C23H24FN3O2/c1-13-4-6-17-22(15(13)3)26-20-8-9-27(11-18(20)23(17)29)12-21(28)25-16-5-7-19(24)14(2)10-16/h4-7,10H,8-9,11-12H2,1-3H3,(H,25,28)(H,26,29). The fraction of sp³-hybridized carbons (Fsp3) is 0.304. The van der Waals surface area contributed by atoms with E-state index in [-0.39, 0.29) is 23.7 Å². The van der Waals surface area contributed by atoms with Gasteiger partial charge < -0.3 is 10.3 Å². The number of nitrogens with zero attached hydrogens (tertiary/aromatic N) is 1. The Hall–Kier alpha value is -2.99. The van der Waals surface area contributed by atoms with E-state index in [1.807, 2.05) is 30.9 Å². The normalized spacial score (nSPS) is 14.1. The lowest BCUT2D eigenvalue weighted by atomic mass is 9.99. The number of anilines is 1. The minimum Gasteiger partial charge on any atom is -0.358 e. The van der Waals surface area contributed by atoms with E-state index in [0.29, 0.717) is 36.1 Å². The van der Waals surface area contributed by atoms with Gasteiger partial charge in [0, 0.05) is 41.8 Å². The lowest BCUT2D eigenvalue weighted by Crippen LogP contribution is -2.39. The van der Waals surface area contributed by atoms with E-state index >= 15 is 0 Å². The van der Waals surface area contributed by atoms with Crippen LogP contribution in [-0.2, 0) is 17.8 Å². The van der Waals surface area contributed by atoms with Crippen molar-refractivity contribution < 1.29 is 9.18 Å². The minimum atomic E-state index is -0.299. The highest BCUT2D eigenvalue weighted by molar-refractivity contribution is 5.92. The summed E-state index contributed by atoms with van der Waals surface area (Å²) in [6.45, 7) is 7.03. The smallest absolute Gasteiger partial charge is 0.238 e. The van der Waals surface area contributed by atoms with Crippen molar-refractivity contribution in [1.82, 2.24) is 9.88 Å². The zero-order valence-corrected chi connectivity index (χ0v) is 16.9. The van der Waals surface area contributed by atoms with E-state index < -0.39 is 0 Å². The van der Waals surface area contributed by atoms with Crippen molar-refractivity contribution in [1.29, 1.82) is 0 Å². The number of aromatic nitrogens is 1. The average Bonchev–Trinajstić information content (AvgIpc) is 2.68. The Bertz CT molecular complexity index is 1180. The first-order valence-electron chi connectivity index (χ1n) is 9.76. The number of hydrogen-bond donors (Lipinski definition) is 2. The third-order valence-corrected chi connectivity index (χ3v) is 5.76. The highest BCUT2D eigenvalue weighted by atomic mass is 19.1. The third-order valence-electron chi connectivity index (χ3n) is 5.76. The number of benzene rings is 2. The number of H-pyrrole nitrogens is 1. The maximum atomic E-state index is 13.4. The first kappa shape index (κ1) is 19.3. The van der Waals surface area contributed by atoms with Gasteiger partial charge in [0.25, 0.3) is 0 Å². The van der Waals surface area contributed by atoms with Gasteiger partial charge in [-0.2, -0.15) is 0 Å². The van der Waals surface area contributed by atoms with E-state index in [2.05, 4.69) is 10.3 Å². The van der Waals surface area contributed by atoms with Crippen LogP contribution in [0.1, 0.15) is 27.9 Å². The van der Waals surface area contributed by atoms with Gasteiger partial charge >= 0.3 is 0 Å². The number of hydrogen-bond acceptors (Lipinski definition) is 3. The van der Waals surface area contributed by atoms with Crippen LogP contribution in [0.3, 0.4) is 0 Å². The molecule has 3 aromatic rings. The van der Waals surface area contributed by atoms with Gasteiger partial charge in [-0.05, 0) is 61.7 Å². The largest absolute Gasteiger partial charge is 0.358 e. The molecule has 2 N–H and O–H groups in total. The number of fused-ring (bicyclic) bond motifs is 2. The zero-order chi connectivity index (χ0) is 20.7. The SMILES string of the molecule is Cc1cc(NC(=O)CN2CCc3[nH]c4c(C)c(C)ccc4c(=O)c3C2)ccc1F. The van der Waals surface area contributed by atoms with Gasteiger partial charge in [-0.25, -0.2) is 4.39 Å². The summed E-state index contributed by atoms with van der Waals surface area (Å²) in [7, 11) is 0. The molecule has 1 aromatic heterocycles. The fourth-order valence-electron chi connectivity index (χ4n) is 3.91. The maximum Gasteiger partial charge on any atom is 0.238 e. The van der Waals surface area contributed by atoms with Gasteiger partial charge in [0.2, 0.25) is 5.91 Å². The van der Waals surface area contributed by atoms with E-state index in [0.717, 1.165) is 27.9 Å². The van der Waals surface area contributed by atoms with Gasteiger partial charge in [0.1, 0.15) is 5.82 Å². The Morgan fingerprint density at radius 2 is 1.97 bits per heavy atom. The van der Waals surface area contributed by atoms with Gasteiger partial charge in [-0.1, -0.05) is 6.07 Å². The molecule has 150 valence electrons. The number of rotatable bonds is 3. The summed E-state index contributed by atoms with van der Waals surface area (Å²) in [4.78, 5) is 30.9. The molecule has 2 heterocycles. The Kier molecular flexibility index (Phi) is 4.96. The number of halogens is 1. The van der Waals surface area contributed by atoms with E-state index in [1.54, 1.807) is 19.1 Å². The second-order valence-corrected chi connectivity index (χ2v) is 7.81. The molecule has 2 aromatic carbocycles. The van der Waals surface area contributed by atoms with Crippen molar-refractivity contribution in [2.45, 2.75) is 33.7 Å². The number of carbonyl (C=O) groups is 1. The van der Waals surface area contributed by atoms with E-state index in [1.165, 1.54) is 6.07 Å². The van der Waals surface area contributed by atoms with Crippen LogP contribution in [0.5, 0.6) is 0 Å². The van der Waals surface area contributed by atoms with Crippen molar-refractivity contribution in [2.24, 2.45) is 0 Å². The number of nitrogens with one attached hydrogen (secondary N) is 2. The van der Waals surface area contributed by atoms with Gasteiger partial charge in [0.15, 0.2) is 5.43 Å². The Balaban J connectivity index is 1.53. The van der Waals surface area contributed by atoms with Crippen LogP contribution < -0.4 is 10.7 Å². The lowest BCUT2D eigenvalue weighted by Gasteiger charge is -2.28. The molecule has 1 aliphatic rings. The Morgan fingerprint density at radius 3 is 2.72 bits per heavy atom. The molecular weight excluding hydrogens is 369 g/mol. The molecule has 0 unspecified atom stereocenters. The number of aryl methyl sites for hydroxylation is 3. The summed E-state index contributed by atoms with van der Waals surface area (Å²) >= 11 is 0. The molecular formula is C23H24FN3O2. The summed E-state index contributed by atoms with van der Waals surface area (Å²) in [6, 6.07) is 8.35. The van der Waals surface area contributed by atoms with Crippen LogP contribution in [0, 0.1) is 26.6 Å². The van der Waals surface area contributed by atoms with Crippen LogP contribution >= 0.6 is 0 Å². The summed E-state index contributed by atoms with van der Waals surface area (Å²) in [5.41, 5.74) is 5.94.